The molecule has 1 aliphatic rings. The molecule has 0 fully saturated rings. The first-order chi connectivity index (χ1) is 10.6. The van der Waals surface area contributed by atoms with Crippen molar-refractivity contribution in [3.05, 3.63) is 53.7 Å². The molecule has 6 heteroatoms. The fourth-order valence-corrected chi connectivity index (χ4v) is 2.83. The van der Waals surface area contributed by atoms with Crippen LogP contribution < -0.4 is 0 Å². The van der Waals surface area contributed by atoms with E-state index < -0.39 is 0 Å². The Kier molecular flexibility index (Phi) is 3.75. The Morgan fingerprint density at radius 2 is 2.14 bits per heavy atom. The van der Waals surface area contributed by atoms with Crippen LogP contribution in [0.5, 0.6) is 0 Å². The molecule has 2 aromatic rings. The number of rotatable bonds is 5. The number of aromatic nitrogens is 2. The molecule has 116 valence electrons. The molecule has 0 saturated heterocycles. The standard InChI is InChI=1S/C16H19N3O3/c1-11-4-5-13(22-11)14-12(2)15(20)16(21)19(14)8-3-7-18-9-6-17-10-18/h4-6,9-10,14,20H,3,7-8H2,1-2H3. The summed E-state index contributed by atoms with van der Waals surface area (Å²) in [5.41, 5.74) is 0.641. The number of imidazole rings is 1. The summed E-state index contributed by atoms with van der Waals surface area (Å²) in [5, 5.41) is 9.99. The minimum atomic E-state index is -0.331. The second kappa shape index (κ2) is 5.71. The molecule has 0 aromatic carbocycles. The van der Waals surface area contributed by atoms with Gasteiger partial charge in [-0.05, 0) is 32.4 Å². The molecule has 0 radical (unpaired) electrons. The van der Waals surface area contributed by atoms with E-state index in [0.29, 0.717) is 17.9 Å². The largest absolute Gasteiger partial charge is 0.503 e. The molecule has 3 rings (SSSR count). The van der Waals surface area contributed by atoms with Gasteiger partial charge in [-0.3, -0.25) is 4.79 Å². The molecule has 1 aliphatic heterocycles. The van der Waals surface area contributed by atoms with Gasteiger partial charge >= 0.3 is 0 Å². The van der Waals surface area contributed by atoms with Crippen LogP contribution in [0.4, 0.5) is 0 Å². The average Bonchev–Trinajstić information content (AvgIpc) is 3.19. The summed E-state index contributed by atoms with van der Waals surface area (Å²) in [6.07, 6.45) is 6.14. The van der Waals surface area contributed by atoms with E-state index >= 15 is 0 Å². The van der Waals surface area contributed by atoms with Crippen LogP contribution in [0.25, 0.3) is 0 Å². The minimum absolute atomic E-state index is 0.165. The smallest absolute Gasteiger partial charge is 0.289 e. The summed E-state index contributed by atoms with van der Waals surface area (Å²) in [5.74, 6) is 0.985. The summed E-state index contributed by atoms with van der Waals surface area (Å²) < 4.78 is 7.63. The van der Waals surface area contributed by atoms with Crippen LogP contribution in [0, 0.1) is 6.92 Å². The van der Waals surface area contributed by atoms with Gasteiger partial charge in [-0.25, -0.2) is 4.98 Å². The van der Waals surface area contributed by atoms with Crippen LogP contribution in [0.2, 0.25) is 0 Å². The SMILES string of the molecule is CC1=C(O)C(=O)N(CCCn2ccnc2)C1c1ccc(C)o1. The van der Waals surface area contributed by atoms with Gasteiger partial charge in [0.1, 0.15) is 17.6 Å². The number of furan rings is 1. The molecule has 6 nitrogen and oxygen atoms in total. The second-order valence-corrected chi connectivity index (χ2v) is 5.54. The molecule has 2 aromatic heterocycles. The lowest BCUT2D eigenvalue weighted by molar-refractivity contribution is -0.129. The summed E-state index contributed by atoms with van der Waals surface area (Å²) >= 11 is 0. The van der Waals surface area contributed by atoms with Crippen LogP contribution in [0.3, 0.4) is 0 Å². The van der Waals surface area contributed by atoms with Gasteiger partial charge < -0.3 is 19.0 Å². The van der Waals surface area contributed by atoms with E-state index in [1.807, 2.05) is 29.8 Å². The maximum atomic E-state index is 12.3. The Labute approximate surface area is 128 Å². The molecular weight excluding hydrogens is 282 g/mol. The zero-order valence-electron chi connectivity index (χ0n) is 12.7. The van der Waals surface area contributed by atoms with Crippen LogP contribution in [0.1, 0.15) is 30.9 Å². The van der Waals surface area contributed by atoms with Gasteiger partial charge in [0.15, 0.2) is 5.76 Å². The van der Waals surface area contributed by atoms with Crippen molar-refractivity contribution >= 4 is 5.91 Å². The molecule has 1 atom stereocenters. The van der Waals surface area contributed by atoms with Crippen molar-refractivity contribution in [2.24, 2.45) is 0 Å². The quantitative estimate of drug-likeness (QED) is 0.921. The summed E-state index contributed by atoms with van der Waals surface area (Å²) in [4.78, 5) is 17.9. The number of hydrogen-bond donors (Lipinski definition) is 1. The molecule has 0 spiro atoms. The molecular formula is C16H19N3O3. The second-order valence-electron chi connectivity index (χ2n) is 5.54. The lowest BCUT2D eigenvalue weighted by atomic mass is 10.1. The first-order valence-electron chi connectivity index (χ1n) is 7.30. The van der Waals surface area contributed by atoms with E-state index in [0.717, 1.165) is 18.7 Å². The summed E-state index contributed by atoms with van der Waals surface area (Å²) in [6.45, 7) is 4.95. The number of nitrogens with zero attached hydrogens (tertiary/aromatic N) is 3. The number of hydrogen-bond acceptors (Lipinski definition) is 4. The van der Waals surface area contributed by atoms with Crippen molar-refractivity contribution < 1.29 is 14.3 Å². The molecule has 0 aliphatic carbocycles. The van der Waals surface area contributed by atoms with Crippen LogP contribution in [-0.4, -0.2) is 32.0 Å². The number of amides is 1. The molecule has 0 saturated carbocycles. The Hall–Kier alpha value is -2.50. The Balaban J connectivity index is 1.74. The Bertz CT molecular complexity index is 700. The highest BCUT2D eigenvalue weighted by molar-refractivity contribution is 5.95. The van der Waals surface area contributed by atoms with Crippen molar-refractivity contribution in [1.82, 2.24) is 14.5 Å². The van der Waals surface area contributed by atoms with Gasteiger partial charge in [-0.15, -0.1) is 0 Å². The zero-order valence-corrected chi connectivity index (χ0v) is 12.7. The van der Waals surface area contributed by atoms with Crippen molar-refractivity contribution in [3.63, 3.8) is 0 Å². The van der Waals surface area contributed by atoms with Crippen LogP contribution >= 0.6 is 0 Å². The highest BCUT2D eigenvalue weighted by Gasteiger charge is 2.39. The number of aliphatic hydroxyl groups excluding tert-OH is 1. The first-order valence-corrected chi connectivity index (χ1v) is 7.30. The molecule has 1 N–H and O–H groups in total. The van der Waals surface area contributed by atoms with Gasteiger partial charge in [0.05, 0.1) is 6.33 Å². The monoisotopic (exact) mass is 301 g/mol. The number of aliphatic hydroxyl groups is 1. The Morgan fingerprint density at radius 1 is 1.32 bits per heavy atom. The van der Waals surface area contributed by atoms with Crippen molar-refractivity contribution in [2.45, 2.75) is 32.9 Å². The maximum absolute atomic E-state index is 12.3. The topological polar surface area (TPSA) is 71.5 Å². The van der Waals surface area contributed by atoms with E-state index in [1.165, 1.54) is 0 Å². The third-order valence-electron chi connectivity index (χ3n) is 3.96. The van der Waals surface area contributed by atoms with Crippen LogP contribution in [0.15, 0.2) is 46.6 Å². The van der Waals surface area contributed by atoms with E-state index in [4.69, 9.17) is 4.42 Å². The summed E-state index contributed by atoms with van der Waals surface area (Å²) in [7, 11) is 0. The van der Waals surface area contributed by atoms with E-state index in [-0.39, 0.29) is 17.7 Å². The normalized spacial score (nSPS) is 18.5. The van der Waals surface area contributed by atoms with E-state index in [2.05, 4.69) is 4.98 Å². The lowest BCUT2D eigenvalue weighted by Gasteiger charge is -2.24. The third kappa shape index (κ3) is 2.52. The maximum Gasteiger partial charge on any atom is 0.289 e. The molecule has 3 heterocycles. The highest BCUT2D eigenvalue weighted by Crippen LogP contribution is 2.37. The minimum Gasteiger partial charge on any atom is -0.503 e. The predicted molar refractivity (Wildman–Crippen MR) is 80.1 cm³/mol. The Morgan fingerprint density at radius 3 is 2.77 bits per heavy atom. The molecule has 22 heavy (non-hydrogen) atoms. The number of carbonyl (C=O) groups excluding carboxylic acids is 1. The van der Waals surface area contributed by atoms with Gasteiger partial charge in [0.2, 0.25) is 0 Å². The molecule has 1 amide bonds. The van der Waals surface area contributed by atoms with Gasteiger partial charge in [-0.2, -0.15) is 0 Å². The van der Waals surface area contributed by atoms with E-state index in [9.17, 15) is 9.90 Å². The van der Waals surface area contributed by atoms with Crippen molar-refractivity contribution in [2.75, 3.05) is 6.54 Å². The fourth-order valence-electron chi connectivity index (χ4n) is 2.83. The van der Waals surface area contributed by atoms with Crippen LogP contribution in [-0.2, 0) is 11.3 Å². The van der Waals surface area contributed by atoms with Gasteiger partial charge in [0.25, 0.3) is 5.91 Å². The molecule has 1 unspecified atom stereocenters. The molecule has 0 bridgehead atoms. The first kappa shape index (κ1) is 14.4. The third-order valence-corrected chi connectivity index (χ3v) is 3.96. The predicted octanol–water partition coefficient (Wildman–Crippen LogP) is 2.59. The average molecular weight is 301 g/mol. The number of aryl methyl sites for hydroxylation is 2. The van der Waals surface area contributed by atoms with Gasteiger partial charge in [-0.1, -0.05) is 0 Å². The zero-order chi connectivity index (χ0) is 15.7. The van der Waals surface area contributed by atoms with E-state index in [1.54, 1.807) is 24.3 Å². The lowest BCUT2D eigenvalue weighted by Crippen LogP contribution is -2.31. The fraction of sp³-hybridized carbons (Fsp3) is 0.375. The highest BCUT2D eigenvalue weighted by atomic mass is 16.3. The number of carbonyl (C=O) groups is 1. The van der Waals surface area contributed by atoms with Gasteiger partial charge in [0, 0.05) is 31.1 Å². The van der Waals surface area contributed by atoms with Crippen molar-refractivity contribution in [1.29, 1.82) is 0 Å². The van der Waals surface area contributed by atoms with Crippen molar-refractivity contribution in [3.8, 4) is 0 Å². The summed E-state index contributed by atoms with van der Waals surface area (Å²) in [6, 6.07) is 3.41.